The summed E-state index contributed by atoms with van der Waals surface area (Å²) in [4.78, 5) is 23.1. The first-order valence-electron chi connectivity index (χ1n) is 6.00. The molecule has 1 saturated carbocycles. The Morgan fingerprint density at radius 3 is 2.44 bits per heavy atom. The molecule has 0 aromatic carbocycles. The number of rotatable bonds is 5. The van der Waals surface area contributed by atoms with Crippen LogP contribution in [0, 0.1) is 5.41 Å². The molecule has 16 heavy (non-hydrogen) atoms. The normalized spacial score (nSPS) is 18.1. The fraction of sp³-hybridized carbons (Fsp3) is 0.833. The Balaban J connectivity index is 2.52. The molecule has 1 fully saturated rings. The molecule has 1 aliphatic carbocycles. The first-order valence-corrected chi connectivity index (χ1v) is 6.00. The zero-order valence-electron chi connectivity index (χ0n) is 10.2. The smallest absolute Gasteiger partial charge is 0.313 e. The van der Waals surface area contributed by atoms with E-state index >= 15 is 0 Å². The fourth-order valence-corrected chi connectivity index (χ4v) is 2.30. The Morgan fingerprint density at radius 1 is 1.31 bits per heavy atom. The Labute approximate surface area is 96.7 Å². The number of hydrogen-bond donors (Lipinski definition) is 1. The van der Waals surface area contributed by atoms with Crippen LogP contribution in [-0.4, -0.2) is 25.5 Å². The number of hydrogen-bond acceptors (Lipinski definition) is 3. The van der Waals surface area contributed by atoms with E-state index in [4.69, 9.17) is 4.74 Å². The third kappa shape index (κ3) is 2.97. The largest absolute Gasteiger partial charge is 0.469 e. The Morgan fingerprint density at radius 2 is 1.94 bits per heavy atom. The van der Waals surface area contributed by atoms with Crippen molar-refractivity contribution in [3.8, 4) is 0 Å². The Hall–Kier alpha value is -1.06. The lowest BCUT2D eigenvalue weighted by Gasteiger charge is -2.25. The van der Waals surface area contributed by atoms with Crippen LogP contribution in [0.25, 0.3) is 0 Å². The van der Waals surface area contributed by atoms with Crippen LogP contribution < -0.4 is 5.32 Å². The fourth-order valence-electron chi connectivity index (χ4n) is 2.30. The van der Waals surface area contributed by atoms with Crippen LogP contribution in [0.3, 0.4) is 0 Å². The molecule has 0 aromatic rings. The zero-order chi connectivity index (χ0) is 12.0. The van der Waals surface area contributed by atoms with Gasteiger partial charge in [-0.3, -0.25) is 9.59 Å². The van der Waals surface area contributed by atoms with Gasteiger partial charge >= 0.3 is 5.97 Å². The van der Waals surface area contributed by atoms with Gasteiger partial charge in [0, 0.05) is 13.0 Å². The van der Waals surface area contributed by atoms with Crippen molar-refractivity contribution >= 4 is 11.9 Å². The molecule has 1 N–H and O–H groups in total. The van der Waals surface area contributed by atoms with Gasteiger partial charge in [0.15, 0.2) is 0 Å². The summed E-state index contributed by atoms with van der Waals surface area (Å²) in [6.07, 6.45) is 5.09. The Bertz CT molecular complexity index is 257. The van der Waals surface area contributed by atoms with E-state index in [0.717, 1.165) is 32.1 Å². The van der Waals surface area contributed by atoms with Crippen molar-refractivity contribution in [1.82, 2.24) is 5.32 Å². The summed E-state index contributed by atoms with van der Waals surface area (Å²) in [5.74, 6) is -0.153. The van der Waals surface area contributed by atoms with Gasteiger partial charge in [0.25, 0.3) is 0 Å². The van der Waals surface area contributed by atoms with Crippen molar-refractivity contribution in [3.05, 3.63) is 0 Å². The van der Waals surface area contributed by atoms with E-state index in [1.165, 1.54) is 7.11 Å². The summed E-state index contributed by atoms with van der Waals surface area (Å²) >= 11 is 0. The second kappa shape index (κ2) is 5.87. The second-order valence-electron chi connectivity index (χ2n) is 4.51. The molecule has 0 bridgehead atoms. The number of esters is 1. The van der Waals surface area contributed by atoms with E-state index in [1.807, 2.05) is 6.92 Å². The summed E-state index contributed by atoms with van der Waals surface area (Å²) in [5, 5.41) is 2.84. The molecular formula is C12H21NO3. The van der Waals surface area contributed by atoms with Crippen LogP contribution in [-0.2, 0) is 14.3 Å². The molecule has 1 aliphatic rings. The van der Waals surface area contributed by atoms with Gasteiger partial charge in [-0.15, -0.1) is 0 Å². The monoisotopic (exact) mass is 227 g/mol. The van der Waals surface area contributed by atoms with E-state index < -0.39 is 5.41 Å². The van der Waals surface area contributed by atoms with Gasteiger partial charge in [-0.05, 0) is 19.3 Å². The van der Waals surface area contributed by atoms with Gasteiger partial charge in [-0.1, -0.05) is 19.8 Å². The first-order chi connectivity index (χ1) is 7.64. The second-order valence-corrected chi connectivity index (χ2v) is 4.51. The van der Waals surface area contributed by atoms with Gasteiger partial charge in [-0.2, -0.15) is 0 Å². The minimum Gasteiger partial charge on any atom is -0.469 e. The van der Waals surface area contributed by atoms with Crippen molar-refractivity contribution in [2.75, 3.05) is 13.7 Å². The number of nitrogens with one attached hydrogen (secondary N) is 1. The van der Waals surface area contributed by atoms with Crippen LogP contribution in [0.5, 0.6) is 0 Å². The third-order valence-corrected chi connectivity index (χ3v) is 3.28. The van der Waals surface area contributed by atoms with E-state index in [2.05, 4.69) is 5.32 Å². The van der Waals surface area contributed by atoms with Gasteiger partial charge in [0.2, 0.25) is 5.91 Å². The first kappa shape index (κ1) is 13.0. The number of methoxy groups -OCH3 is 1. The van der Waals surface area contributed by atoms with Crippen molar-refractivity contribution in [1.29, 1.82) is 0 Å². The summed E-state index contributed by atoms with van der Waals surface area (Å²) in [6.45, 7) is 2.39. The molecule has 1 amide bonds. The van der Waals surface area contributed by atoms with Crippen LogP contribution in [0.2, 0.25) is 0 Å². The molecule has 1 rings (SSSR count). The molecule has 0 radical (unpaired) electrons. The van der Waals surface area contributed by atoms with E-state index in [-0.39, 0.29) is 11.9 Å². The molecule has 0 unspecified atom stereocenters. The number of carbonyl (C=O) groups excluding carboxylic acids is 2. The number of ether oxygens (including phenoxy) is 1. The maximum Gasteiger partial charge on any atom is 0.313 e. The van der Waals surface area contributed by atoms with Crippen molar-refractivity contribution in [3.63, 3.8) is 0 Å². The maximum absolute atomic E-state index is 11.7. The molecule has 0 aromatic heterocycles. The summed E-state index contributed by atoms with van der Waals surface area (Å²) < 4.78 is 4.84. The average Bonchev–Trinajstić information content (AvgIpc) is 2.76. The minimum atomic E-state index is -0.460. The van der Waals surface area contributed by atoms with Gasteiger partial charge < -0.3 is 10.1 Å². The van der Waals surface area contributed by atoms with E-state index in [1.54, 1.807) is 0 Å². The average molecular weight is 227 g/mol. The highest BCUT2D eigenvalue weighted by Crippen LogP contribution is 2.38. The molecule has 0 aliphatic heterocycles. The molecule has 0 heterocycles. The molecular weight excluding hydrogens is 206 g/mol. The zero-order valence-corrected chi connectivity index (χ0v) is 10.2. The summed E-state index contributed by atoms with van der Waals surface area (Å²) in [6, 6.07) is 0. The Kier molecular flexibility index (Phi) is 4.77. The van der Waals surface area contributed by atoms with Crippen molar-refractivity contribution in [2.24, 2.45) is 5.41 Å². The van der Waals surface area contributed by atoms with Crippen molar-refractivity contribution in [2.45, 2.75) is 45.4 Å². The minimum absolute atomic E-state index is 0.0256. The number of carbonyl (C=O) groups is 2. The quantitative estimate of drug-likeness (QED) is 0.726. The third-order valence-electron chi connectivity index (χ3n) is 3.28. The van der Waals surface area contributed by atoms with Crippen LogP contribution in [0.1, 0.15) is 45.4 Å². The topological polar surface area (TPSA) is 55.4 Å². The van der Waals surface area contributed by atoms with Crippen LogP contribution >= 0.6 is 0 Å². The lowest BCUT2D eigenvalue weighted by molar-refractivity contribution is -0.152. The van der Waals surface area contributed by atoms with Crippen molar-refractivity contribution < 1.29 is 14.3 Å². The predicted molar refractivity (Wildman–Crippen MR) is 60.8 cm³/mol. The molecule has 0 atom stereocenters. The van der Waals surface area contributed by atoms with Gasteiger partial charge in [0.05, 0.1) is 12.5 Å². The maximum atomic E-state index is 11.7. The molecule has 0 spiro atoms. The highest BCUT2D eigenvalue weighted by Gasteiger charge is 2.42. The highest BCUT2D eigenvalue weighted by molar-refractivity contribution is 5.80. The molecule has 92 valence electrons. The molecule has 4 nitrogen and oxygen atoms in total. The van der Waals surface area contributed by atoms with E-state index in [0.29, 0.717) is 13.0 Å². The standard InChI is InChI=1S/C12H21NO3/c1-3-6-10(14)13-9-12(11(15)16-2)7-4-5-8-12/h3-9H2,1-2H3,(H,13,14). The lowest BCUT2D eigenvalue weighted by Crippen LogP contribution is -2.41. The molecule has 4 heteroatoms. The van der Waals surface area contributed by atoms with Gasteiger partial charge in [0.1, 0.15) is 0 Å². The van der Waals surface area contributed by atoms with Gasteiger partial charge in [-0.25, -0.2) is 0 Å². The predicted octanol–water partition coefficient (Wildman–Crippen LogP) is 1.64. The van der Waals surface area contributed by atoms with E-state index in [9.17, 15) is 9.59 Å². The molecule has 0 saturated heterocycles. The SMILES string of the molecule is CCCC(=O)NCC1(C(=O)OC)CCCC1. The van der Waals surface area contributed by atoms with Crippen LogP contribution in [0.15, 0.2) is 0 Å². The number of amides is 1. The summed E-state index contributed by atoms with van der Waals surface area (Å²) in [7, 11) is 1.41. The highest BCUT2D eigenvalue weighted by atomic mass is 16.5. The lowest BCUT2D eigenvalue weighted by atomic mass is 9.86. The summed E-state index contributed by atoms with van der Waals surface area (Å²) in [5.41, 5.74) is -0.460. The van der Waals surface area contributed by atoms with Crippen LogP contribution in [0.4, 0.5) is 0 Å².